The maximum absolute atomic E-state index is 13.1. The van der Waals surface area contributed by atoms with Crippen molar-refractivity contribution in [2.24, 2.45) is 4.99 Å². The second-order valence-electron chi connectivity index (χ2n) is 7.32. The highest BCUT2D eigenvalue weighted by Gasteiger charge is 2.35. The van der Waals surface area contributed by atoms with Crippen LogP contribution >= 0.6 is 23.4 Å². The van der Waals surface area contributed by atoms with E-state index in [9.17, 15) is 9.59 Å². The number of hydrogen-bond acceptors (Lipinski definition) is 4. The normalized spacial score (nSPS) is 17.4. The van der Waals surface area contributed by atoms with E-state index in [0.717, 1.165) is 11.3 Å². The van der Waals surface area contributed by atoms with Crippen LogP contribution in [0.4, 0.5) is 11.4 Å². The third-order valence-electron chi connectivity index (χ3n) is 4.97. The minimum Gasteiger partial charge on any atom is -0.325 e. The largest absolute Gasteiger partial charge is 0.325 e. The molecule has 3 aromatic carbocycles. The number of hydrogen-bond donors (Lipinski definition) is 1. The summed E-state index contributed by atoms with van der Waals surface area (Å²) in [6.07, 6.45) is 0.819. The number of aliphatic imine (C=N–C) groups is 1. The van der Waals surface area contributed by atoms with Gasteiger partial charge in [-0.2, -0.15) is 0 Å². The van der Waals surface area contributed by atoms with Gasteiger partial charge in [-0.25, -0.2) is 4.99 Å². The Bertz CT molecular complexity index is 1120. The Morgan fingerprint density at radius 3 is 2.47 bits per heavy atom. The second-order valence-corrected chi connectivity index (χ2v) is 8.93. The smallest absolute Gasteiger partial charge is 0.238 e. The molecule has 0 spiro atoms. The number of nitrogens with zero attached hydrogens (tertiary/aromatic N) is 2. The Morgan fingerprint density at radius 2 is 1.75 bits per heavy atom. The molecule has 7 heteroatoms. The molecule has 5 nitrogen and oxygen atoms in total. The Labute approximate surface area is 196 Å². The molecule has 162 valence electrons. The summed E-state index contributed by atoms with van der Waals surface area (Å²) in [6, 6.07) is 26.4. The molecular formula is C25H22ClN3O2S. The van der Waals surface area contributed by atoms with Crippen LogP contribution < -0.4 is 5.32 Å². The number of amides is 2. The van der Waals surface area contributed by atoms with Crippen LogP contribution in [0.5, 0.6) is 0 Å². The minimum absolute atomic E-state index is 0.111. The molecule has 0 aliphatic carbocycles. The monoisotopic (exact) mass is 463 g/mol. The highest BCUT2D eigenvalue weighted by Crippen LogP contribution is 2.30. The number of carbonyl (C=O) groups excluding carboxylic acids is 2. The van der Waals surface area contributed by atoms with E-state index < -0.39 is 5.25 Å². The number of benzene rings is 3. The van der Waals surface area contributed by atoms with Crippen molar-refractivity contribution in [3.8, 4) is 0 Å². The van der Waals surface area contributed by atoms with E-state index >= 15 is 0 Å². The number of carbonyl (C=O) groups is 2. The molecule has 1 aliphatic heterocycles. The molecule has 2 amide bonds. The van der Waals surface area contributed by atoms with Crippen molar-refractivity contribution >= 4 is 51.7 Å². The predicted octanol–water partition coefficient (Wildman–Crippen LogP) is 5.54. The van der Waals surface area contributed by atoms with Gasteiger partial charge in [0, 0.05) is 23.7 Å². The minimum atomic E-state index is -0.572. The number of amidine groups is 1. The first-order chi connectivity index (χ1) is 15.6. The van der Waals surface area contributed by atoms with E-state index in [1.165, 1.54) is 11.8 Å². The van der Waals surface area contributed by atoms with Gasteiger partial charge in [0.25, 0.3) is 0 Å². The van der Waals surface area contributed by atoms with Crippen molar-refractivity contribution in [3.05, 3.63) is 95.5 Å². The fraction of sp³-hybridized carbons (Fsp3) is 0.160. The van der Waals surface area contributed by atoms with Gasteiger partial charge in [-0.1, -0.05) is 78.0 Å². The summed E-state index contributed by atoms with van der Waals surface area (Å²) < 4.78 is 0. The molecule has 0 aromatic heterocycles. The summed E-state index contributed by atoms with van der Waals surface area (Å²) in [4.78, 5) is 32.4. The Kier molecular flexibility index (Phi) is 7.24. The molecule has 4 rings (SSSR count). The highest BCUT2D eigenvalue weighted by atomic mass is 35.5. The Balaban J connectivity index is 1.54. The molecule has 1 fully saturated rings. The number of halogens is 1. The van der Waals surface area contributed by atoms with Crippen LogP contribution in [0.2, 0.25) is 5.02 Å². The highest BCUT2D eigenvalue weighted by molar-refractivity contribution is 8.15. The third-order valence-corrected chi connectivity index (χ3v) is 6.39. The third kappa shape index (κ3) is 5.78. The zero-order chi connectivity index (χ0) is 22.3. The van der Waals surface area contributed by atoms with Crippen LogP contribution in [-0.4, -0.2) is 33.7 Å². The maximum Gasteiger partial charge on any atom is 0.238 e. The first-order valence-electron chi connectivity index (χ1n) is 10.3. The topological polar surface area (TPSA) is 61.8 Å². The fourth-order valence-corrected chi connectivity index (χ4v) is 4.66. The lowest BCUT2D eigenvalue weighted by Gasteiger charge is -2.32. The molecule has 0 radical (unpaired) electrons. The van der Waals surface area contributed by atoms with Crippen molar-refractivity contribution in [2.45, 2.75) is 18.1 Å². The number of anilines is 1. The lowest BCUT2D eigenvalue weighted by atomic mass is 10.1. The van der Waals surface area contributed by atoms with Crippen LogP contribution in [0.15, 0.2) is 89.9 Å². The lowest BCUT2D eigenvalue weighted by molar-refractivity contribution is -0.129. The summed E-state index contributed by atoms with van der Waals surface area (Å²) in [6.45, 7) is 0.504. The molecule has 0 bridgehead atoms. The maximum atomic E-state index is 13.1. The van der Waals surface area contributed by atoms with Gasteiger partial charge in [-0.15, -0.1) is 0 Å². The van der Waals surface area contributed by atoms with Crippen LogP contribution in [-0.2, 0) is 16.0 Å². The zero-order valence-corrected chi connectivity index (χ0v) is 18.9. The molecule has 0 saturated carbocycles. The average Bonchev–Trinajstić information content (AvgIpc) is 2.80. The number of nitrogens with one attached hydrogen (secondary N) is 1. The molecular weight excluding hydrogens is 442 g/mol. The zero-order valence-electron chi connectivity index (χ0n) is 17.3. The van der Waals surface area contributed by atoms with Gasteiger partial charge in [0.15, 0.2) is 5.17 Å². The quantitative estimate of drug-likeness (QED) is 0.521. The van der Waals surface area contributed by atoms with Gasteiger partial charge >= 0.3 is 0 Å². The first kappa shape index (κ1) is 22.1. The Hall–Kier alpha value is -3.09. The van der Waals surface area contributed by atoms with Gasteiger partial charge in [0.2, 0.25) is 11.8 Å². The van der Waals surface area contributed by atoms with Gasteiger partial charge < -0.3 is 5.32 Å². The first-order valence-corrected chi connectivity index (χ1v) is 11.6. The molecule has 3 aromatic rings. The number of para-hydroxylation sites is 1. The van der Waals surface area contributed by atoms with Crippen molar-refractivity contribution < 1.29 is 9.59 Å². The van der Waals surface area contributed by atoms with E-state index in [-0.39, 0.29) is 18.2 Å². The van der Waals surface area contributed by atoms with Crippen molar-refractivity contribution in [1.29, 1.82) is 0 Å². The molecule has 1 aliphatic rings. The van der Waals surface area contributed by atoms with Gasteiger partial charge in [-0.05, 0) is 42.3 Å². The standard InChI is InChI=1S/C25H22ClN3O2S/c26-19-10-7-13-21(16-19)27-24(31)22-17-23(30)29(15-14-18-8-3-1-4-9-18)25(32-22)28-20-11-5-2-6-12-20/h1-13,16,22H,14-15,17H2,(H,27,31)/t22-/m0/s1. The van der Waals surface area contributed by atoms with E-state index in [2.05, 4.69) is 5.32 Å². The molecule has 1 N–H and O–H groups in total. The lowest BCUT2D eigenvalue weighted by Crippen LogP contribution is -2.46. The summed E-state index contributed by atoms with van der Waals surface area (Å²) in [5, 5.41) is 3.36. The predicted molar refractivity (Wildman–Crippen MR) is 131 cm³/mol. The molecule has 0 unspecified atom stereocenters. The summed E-state index contributed by atoms with van der Waals surface area (Å²) in [5.74, 6) is -0.352. The van der Waals surface area contributed by atoms with Crippen molar-refractivity contribution in [1.82, 2.24) is 4.90 Å². The van der Waals surface area contributed by atoms with Crippen LogP contribution in [0.25, 0.3) is 0 Å². The van der Waals surface area contributed by atoms with E-state index in [1.54, 1.807) is 29.2 Å². The van der Waals surface area contributed by atoms with Gasteiger partial charge in [-0.3, -0.25) is 14.5 Å². The van der Waals surface area contributed by atoms with E-state index in [1.807, 2.05) is 60.7 Å². The summed E-state index contributed by atoms with van der Waals surface area (Å²) in [7, 11) is 0. The van der Waals surface area contributed by atoms with E-state index in [0.29, 0.717) is 28.8 Å². The molecule has 1 atom stereocenters. The Morgan fingerprint density at radius 1 is 1.03 bits per heavy atom. The number of rotatable bonds is 6. The summed E-state index contributed by atoms with van der Waals surface area (Å²) >= 11 is 7.33. The van der Waals surface area contributed by atoms with Crippen LogP contribution in [0.1, 0.15) is 12.0 Å². The van der Waals surface area contributed by atoms with Crippen molar-refractivity contribution in [3.63, 3.8) is 0 Å². The fourth-order valence-electron chi connectivity index (χ4n) is 3.35. The van der Waals surface area contributed by atoms with Crippen LogP contribution in [0, 0.1) is 0 Å². The van der Waals surface area contributed by atoms with Crippen LogP contribution in [0.3, 0.4) is 0 Å². The van der Waals surface area contributed by atoms with Gasteiger partial charge in [0.05, 0.1) is 5.69 Å². The number of thioether (sulfide) groups is 1. The molecule has 1 heterocycles. The average molecular weight is 464 g/mol. The second kappa shape index (κ2) is 10.5. The SMILES string of the molecule is O=C(Nc1cccc(Cl)c1)[C@@H]1CC(=O)N(CCc2ccccc2)C(=Nc2ccccc2)S1. The van der Waals surface area contributed by atoms with Crippen molar-refractivity contribution in [2.75, 3.05) is 11.9 Å². The van der Waals surface area contributed by atoms with Gasteiger partial charge in [0.1, 0.15) is 5.25 Å². The summed E-state index contributed by atoms with van der Waals surface area (Å²) in [5.41, 5.74) is 2.48. The van der Waals surface area contributed by atoms with E-state index in [4.69, 9.17) is 16.6 Å². The molecule has 1 saturated heterocycles. The molecule has 32 heavy (non-hydrogen) atoms.